The highest BCUT2D eigenvalue weighted by molar-refractivity contribution is 7.16. The van der Waals surface area contributed by atoms with E-state index in [1.54, 1.807) is 24.6 Å². The van der Waals surface area contributed by atoms with E-state index in [1.807, 2.05) is 6.92 Å². The molecule has 0 unspecified atom stereocenters. The molecule has 5 heteroatoms. The van der Waals surface area contributed by atoms with Gasteiger partial charge in [-0.3, -0.25) is 4.79 Å². The Morgan fingerprint density at radius 3 is 2.80 bits per heavy atom. The molecule has 0 aliphatic heterocycles. The first-order valence-corrected chi connectivity index (χ1v) is 6.01. The largest absolute Gasteiger partial charge is 0.487 e. The second-order valence-corrected chi connectivity index (χ2v) is 5.01. The summed E-state index contributed by atoms with van der Waals surface area (Å²) in [5, 5.41) is 3.43. The van der Waals surface area contributed by atoms with Crippen LogP contribution in [-0.2, 0) is 0 Å². The van der Waals surface area contributed by atoms with Crippen molar-refractivity contribution in [3.63, 3.8) is 0 Å². The Morgan fingerprint density at radius 2 is 2.27 bits per heavy atom. The van der Waals surface area contributed by atoms with Gasteiger partial charge in [-0.15, -0.1) is 11.3 Å². The van der Waals surface area contributed by atoms with Gasteiger partial charge in [0.05, 0.1) is 17.0 Å². The molecule has 0 aliphatic rings. The van der Waals surface area contributed by atoms with Gasteiger partial charge < -0.3 is 4.74 Å². The van der Waals surface area contributed by atoms with Crippen molar-refractivity contribution in [2.75, 3.05) is 7.11 Å². The maximum atomic E-state index is 11.9. The predicted molar refractivity (Wildman–Crippen MR) is 61.2 cm³/mol. The van der Waals surface area contributed by atoms with E-state index in [9.17, 15) is 4.79 Å². The minimum Gasteiger partial charge on any atom is -0.487 e. The Labute approximate surface area is 95.4 Å². The Balaban J connectivity index is 2.28. The standard InChI is InChI=1S/C10H9NO2S2/c1-6-11-7(5-14-6)10(12)8-3-4-9(13-2)15-8/h3-5H,1-2H3. The van der Waals surface area contributed by atoms with Crippen molar-refractivity contribution >= 4 is 28.5 Å². The quantitative estimate of drug-likeness (QED) is 0.773. The molecule has 2 aromatic heterocycles. The summed E-state index contributed by atoms with van der Waals surface area (Å²) in [6, 6.07) is 3.55. The summed E-state index contributed by atoms with van der Waals surface area (Å²) in [6.45, 7) is 1.89. The molecule has 0 saturated carbocycles. The van der Waals surface area contributed by atoms with Crippen LogP contribution in [0.2, 0.25) is 0 Å². The fourth-order valence-electron chi connectivity index (χ4n) is 1.15. The minimum absolute atomic E-state index is 0.0346. The van der Waals surface area contributed by atoms with Crippen molar-refractivity contribution < 1.29 is 9.53 Å². The lowest BCUT2D eigenvalue weighted by Gasteiger charge is -1.91. The van der Waals surface area contributed by atoms with E-state index in [-0.39, 0.29) is 5.78 Å². The third kappa shape index (κ3) is 2.08. The fraction of sp³-hybridized carbons (Fsp3) is 0.200. The number of carbonyl (C=O) groups is 1. The number of rotatable bonds is 3. The van der Waals surface area contributed by atoms with E-state index in [2.05, 4.69) is 4.98 Å². The van der Waals surface area contributed by atoms with Gasteiger partial charge in [-0.1, -0.05) is 11.3 Å². The first-order chi connectivity index (χ1) is 7.20. The Morgan fingerprint density at radius 1 is 1.47 bits per heavy atom. The van der Waals surface area contributed by atoms with Gasteiger partial charge in [0.1, 0.15) is 5.69 Å². The molecule has 2 heterocycles. The third-order valence-electron chi connectivity index (χ3n) is 1.86. The number of thiophene rings is 1. The number of ketones is 1. The molecule has 0 amide bonds. The highest BCUT2D eigenvalue weighted by atomic mass is 32.1. The van der Waals surface area contributed by atoms with Crippen molar-refractivity contribution in [2.24, 2.45) is 0 Å². The number of aryl methyl sites for hydroxylation is 1. The van der Waals surface area contributed by atoms with Crippen LogP contribution in [0.25, 0.3) is 0 Å². The molecule has 3 nitrogen and oxygen atoms in total. The van der Waals surface area contributed by atoms with Gasteiger partial charge in [-0.25, -0.2) is 4.98 Å². The van der Waals surface area contributed by atoms with Crippen molar-refractivity contribution in [2.45, 2.75) is 6.92 Å². The van der Waals surface area contributed by atoms with Crippen LogP contribution in [0.5, 0.6) is 5.06 Å². The van der Waals surface area contributed by atoms with Crippen molar-refractivity contribution in [3.8, 4) is 5.06 Å². The maximum Gasteiger partial charge on any atom is 0.222 e. The van der Waals surface area contributed by atoms with Crippen LogP contribution in [0.3, 0.4) is 0 Å². The van der Waals surface area contributed by atoms with Crippen molar-refractivity contribution in [1.29, 1.82) is 0 Å². The number of ether oxygens (including phenoxy) is 1. The van der Waals surface area contributed by atoms with E-state index in [4.69, 9.17) is 4.74 Å². The molecule has 2 aromatic rings. The van der Waals surface area contributed by atoms with E-state index in [1.165, 1.54) is 22.7 Å². The number of thiazole rings is 1. The van der Waals surface area contributed by atoms with Gasteiger partial charge in [0.2, 0.25) is 5.78 Å². The molecule has 0 bridgehead atoms. The molecule has 0 aliphatic carbocycles. The Bertz CT molecular complexity index is 487. The number of methoxy groups -OCH3 is 1. The molecule has 2 rings (SSSR count). The molecule has 0 atom stereocenters. The van der Waals surface area contributed by atoms with Crippen molar-refractivity contribution in [3.05, 3.63) is 33.1 Å². The summed E-state index contributed by atoms with van der Waals surface area (Å²) in [5.74, 6) is -0.0346. The van der Waals surface area contributed by atoms with Gasteiger partial charge in [0, 0.05) is 5.38 Å². The van der Waals surface area contributed by atoms with E-state index >= 15 is 0 Å². The van der Waals surface area contributed by atoms with E-state index in [0.717, 1.165) is 10.1 Å². The smallest absolute Gasteiger partial charge is 0.222 e. The zero-order chi connectivity index (χ0) is 10.8. The zero-order valence-electron chi connectivity index (χ0n) is 8.31. The van der Waals surface area contributed by atoms with Crippen molar-refractivity contribution in [1.82, 2.24) is 4.98 Å². The Kier molecular flexibility index (Phi) is 2.83. The van der Waals surface area contributed by atoms with Crippen LogP contribution in [0.4, 0.5) is 0 Å². The second-order valence-electron chi connectivity index (χ2n) is 2.90. The average molecular weight is 239 g/mol. The molecule has 0 aromatic carbocycles. The van der Waals surface area contributed by atoms with Gasteiger partial charge in [0.15, 0.2) is 5.06 Å². The van der Waals surface area contributed by atoms with Crippen LogP contribution in [0.15, 0.2) is 17.5 Å². The summed E-state index contributed by atoms with van der Waals surface area (Å²) in [7, 11) is 1.59. The van der Waals surface area contributed by atoms with Crippen LogP contribution < -0.4 is 4.74 Å². The number of hydrogen-bond acceptors (Lipinski definition) is 5. The third-order valence-corrected chi connectivity index (χ3v) is 3.68. The number of aromatic nitrogens is 1. The molecule has 78 valence electrons. The summed E-state index contributed by atoms with van der Waals surface area (Å²) < 4.78 is 5.03. The van der Waals surface area contributed by atoms with Crippen LogP contribution in [-0.4, -0.2) is 17.9 Å². The molecule has 0 spiro atoms. The normalized spacial score (nSPS) is 10.3. The molecule has 0 fully saturated rings. The molecular formula is C10H9NO2S2. The first-order valence-electron chi connectivity index (χ1n) is 4.31. The summed E-state index contributed by atoms with van der Waals surface area (Å²) in [5.41, 5.74) is 0.516. The Hall–Kier alpha value is -1.20. The molecule has 0 N–H and O–H groups in total. The lowest BCUT2D eigenvalue weighted by atomic mass is 10.2. The highest BCUT2D eigenvalue weighted by Gasteiger charge is 2.14. The lowest BCUT2D eigenvalue weighted by molar-refractivity contribution is 0.103. The number of nitrogens with zero attached hydrogens (tertiary/aromatic N) is 1. The average Bonchev–Trinajstić information content (AvgIpc) is 2.84. The van der Waals surface area contributed by atoms with Crippen LogP contribution in [0.1, 0.15) is 20.4 Å². The zero-order valence-corrected chi connectivity index (χ0v) is 9.95. The predicted octanol–water partition coefficient (Wildman–Crippen LogP) is 2.75. The van der Waals surface area contributed by atoms with Gasteiger partial charge >= 0.3 is 0 Å². The molecule has 15 heavy (non-hydrogen) atoms. The highest BCUT2D eigenvalue weighted by Crippen LogP contribution is 2.26. The topological polar surface area (TPSA) is 39.2 Å². The summed E-state index contributed by atoms with van der Waals surface area (Å²) >= 11 is 2.82. The maximum absolute atomic E-state index is 11.9. The van der Waals surface area contributed by atoms with E-state index < -0.39 is 0 Å². The summed E-state index contributed by atoms with van der Waals surface area (Å²) in [4.78, 5) is 16.7. The lowest BCUT2D eigenvalue weighted by Crippen LogP contribution is -1.98. The van der Waals surface area contributed by atoms with Crippen LogP contribution >= 0.6 is 22.7 Å². The first kappa shape index (κ1) is 10.3. The van der Waals surface area contributed by atoms with Gasteiger partial charge in [-0.2, -0.15) is 0 Å². The molecule has 0 saturated heterocycles. The molecule has 0 radical (unpaired) electrons. The van der Waals surface area contributed by atoms with Crippen LogP contribution in [0, 0.1) is 6.92 Å². The molecular weight excluding hydrogens is 230 g/mol. The van der Waals surface area contributed by atoms with Gasteiger partial charge in [-0.05, 0) is 19.1 Å². The summed E-state index contributed by atoms with van der Waals surface area (Å²) in [6.07, 6.45) is 0. The van der Waals surface area contributed by atoms with E-state index in [0.29, 0.717) is 10.6 Å². The van der Waals surface area contributed by atoms with Gasteiger partial charge in [0.25, 0.3) is 0 Å². The number of carbonyl (C=O) groups excluding carboxylic acids is 1. The second kappa shape index (κ2) is 4.12. The minimum atomic E-state index is -0.0346. The fourth-order valence-corrected chi connectivity index (χ4v) is 2.51. The number of hydrogen-bond donors (Lipinski definition) is 0. The monoisotopic (exact) mass is 239 g/mol. The SMILES string of the molecule is COc1ccc(C(=O)c2csc(C)n2)s1.